The van der Waals surface area contributed by atoms with Gasteiger partial charge in [-0.1, -0.05) is 30.2 Å². The molecule has 5 nitrogen and oxygen atoms in total. The zero-order valence-electron chi connectivity index (χ0n) is 17.6. The molecule has 2 saturated carbocycles. The topological polar surface area (TPSA) is 65.7 Å². The quantitative estimate of drug-likeness (QED) is 0.506. The van der Waals surface area contributed by atoms with Crippen molar-refractivity contribution in [3.63, 3.8) is 0 Å². The Morgan fingerprint density at radius 3 is 2.53 bits per heavy atom. The highest BCUT2D eigenvalue weighted by Crippen LogP contribution is 2.68. The first-order valence-corrected chi connectivity index (χ1v) is 11.2. The van der Waals surface area contributed by atoms with E-state index in [-0.39, 0.29) is 31.0 Å². The van der Waals surface area contributed by atoms with Crippen LogP contribution in [0.4, 0.5) is 0 Å². The summed E-state index contributed by atoms with van der Waals surface area (Å²) in [6.07, 6.45) is 4.39. The predicted molar refractivity (Wildman–Crippen MR) is 112 cm³/mol. The number of rotatable bonds is 5. The molecule has 5 rings (SSSR count). The number of hydrogen-bond acceptors (Lipinski definition) is 5. The number of esters is 2. The number of fused-ring (bicyclic) bond motifs is 1. The Bertz CT molecular complexity index is 978. The van der Waals surface area contributed by atoms with Gasteiger partial charge in [-0.3, -0.25) is 9.59 Å². The standard InChI is InChI=1S/C25H28O5/c1-3-28-23(26)25(24(27)29-4-2)14-17-21-16(10-6-7-11-18(21)25)22(17)20-13-15-9-5-8-12-19(15)30-20/h5,8-9,12-13,17-18,21H,3-4,6-7,10-11,14H2,1-2H3/t17-,18-,21-/m1/s1. The number of allylic oxidation sites excluding steroid dienone is 2. The monoisotopic (exact) mass is 408 g/mol. The molecule has 158 valence electrons. The van der Waals surface area contributed by atoms with Crippen LogP contribution in [0.25, 0.3) is 16.5 Å². The van der Waals surface area contributed by atoms with Gasteiger partial charge in [0.2, 0.25) is 0 Å². The minimum absolute atomic E-state index is 0.0498. The number of carbonyl (C=O) groups excluding carboxylic acids is 2. The van der Waals surface area contributed by atoms with E-state index in [1.807, 2.05) is 18.2 Å². The Hall–Kier alpha value is -2.56. The van der Waals surface area contributed by atoms with E-state index in [0.717, 1.165) is 42.4 Å². The van der Waals surface area contributed by atoms with Crippen molar-refractivity contribution in [3.05, 3.63) is 41.7 Å². The first-order chi connectivity index (χ1) is 14.6. The van der Waals surface area contributed by atoms with Gasteiger partial charge in [-0.15, -0.1) is 0 Å². The molecule has 0 bridgehead atoms. The fraction of sp³-hybridized carbons (Fsp3) is 0.520. The van der Waals surface area contributed by atoms with Crippen LogP contribution in [0.15, 0.2) is 40.3 Å². The van der Waals surface area contributed by atoms with E-state index < -0.39 is 17.4 Å². The van der Waals surface area contributed by atoms with Crippen LogP contribution in [0.1, 0.15) is 51.7 Å². The van der Waals surface area contributed by atoms with Crippen molar-refractivity contribution in [2.45, 2.75) is 46.0 Å². The Kier molecular flexibility index (Phi) is 4.72. The van der Waals surface area contributed by atoms with Gasteiger partial charge in [-0.2, -0.15) is 0 Å². The first kappa shape index (κ1) is 19.4. The van der Waals surface area contributed by atoms with E-state index in [1.54, 1.807) is 13.8 Å². The maximum atomic E-state index is 13.2. The first-order valence-electron chi connectivity index (χ1n) is 11.2. The van der Waals surface area contributed by atoms with Crippen molar-refractivity contribution >= 4 is 28.5 Å². The van der Waals surface area contributed by atoms with Crippen LogP contribution in [-0.2, 0) is 19.1 Å². The largest absolute Gasteiger partial charge is 0.465 e. The van der Waals surface area contributed by atoms with E-state index in [2.05, 4.69) is 12.1 Å². The molecule has 2 aromatic rings. The molecular weight excluding hydrogens is 380 g/mol. The van der Waals surface area contributed by atoms with E-state index in [0.29, 0.717) is 6.42 Å². The SMILES string of the molecule is CCOC(=O)C1(C(=O)OCC)C[C@H]2C(c3cc4ccccc4o3)=C3CCCC[C@@H]1[C@H]32. The maximum Gasteiger partial charge on any atom is 0.323 e. The molecule has 1 heterocycles. The van der Waals surface area contributed by atoms with Crippen LogP contribution in [0.5, 0.6) is 0 Å². The molecule has 1 aromatic heterocycles. The predicted octanol–water partition coefficient (Wildman–Crippen LogP) is 5.14. The molecule has 0 spiro atoms. The van der Waals surface area contributed by atoms with Gasteiger partial charge in [0.05, 0.1) is 13.2 Å². The number of carbonyl (C=O) groups is 2. The molecule has 3 aliphatic carbocycles. The lowest BCUT2D eigenvalue weighted by Crippen LogP contribution is -2.46. The molecule has 2 fully saturated rings. The molecule has 1 aromatic carbocycles. The van der Waals surface area contributed by atoms with Gasteiger partial charge >= 0.3 is 11.9 Å². The number of para-hydroxylation sites is 1. The molecule has 0 N–H and O–H groups in total. The van der Waals surface area contributed by atoms with Crippen molar-refractivity contribution in [1.29, 1.82) is 0 Å². The molecule has 30 heavy (non-hydrogen) atoms. The normalized spacial score (nSPS) is 26.7. The van der Waals surface area contributed by atoms with Gasteiger partial charge in [0.1, 0.15) is 11.3 Å². The van der Waals surface area contributed by atoms with E-state index in [9.17, 15) is 9.59 Å². The lowest BCUT2D eigenvalue weighted by Gasteiger charge is -2.39. The summed E-state index contributed by atoms with van der Waals surface area (Å²) in [5.74, 6) is 0.394. The van der Waals surface area contributed by atoms with Crippen LogP contribution < -0.4 is 0 Å². The van der Waals surface area contributed by atoms with Gasteiger partial charge in [0.25, 0.3) is 0 Å². The number of furan rings is 1. The van der Waals surface area contributed by atoms with Crippen LogP contribution in [-0.4, -0.2) is 25.2 Å². The zero-order chi connectivity index (χ0) is 20.9. The van der Waals surface area contributed by atoms with Crippen molar-refractivity contribution in [3.8, 4) is 0 Å². The number of hydrogen-bond donors (Lipinski definition) is 0. The van der Waals surface area contributed by atoms with Crippen LogP contribution in [0, 0.1) is 23.2 Å². The lowest BCUT2D eigenvalue weighted by molar-refractivity contribution is -0.175. The Morgan fingerprint density at radius 2 is 1.83 bits per heavy atom. The second-order valence-electron chi connectivity index (χ2n) is 8.69. The highest BCUT2D eigenvalue weighted by atomic mass is 16.6. The molecule has 0 unspecified atom stereocenters. The molecule has 3 aliphatic rings. The summed E-state index contributed by atoms with van der Waals surface area (Å²) >= 11 is 0. The summed E-state index contributed by atoms with van der Waals surface area (Å²) in [4.78, 5) is 26.5. The molecule has 3 atom stereocenters. The van der Waals surface area contributed by atoms with Gasteiger partial charge < -0.3 is 13.9 Å². The third kappa shape index (κ3) is 2.60. The zero-order valence-corrected chi connectivity index (χ0v) is 17.6. The van der Waals surface area contributed by atoms with Crippen LogP contribution >= 0.6 is 0 Å². The van der Waals surface area contributed by atoms with E-state index >= 15 is 0 Å². The smallest absolute Gasteiger partial charge is 0.323 e. The van der Waals surface area contributed by atoms with Gasteiger partial charge in [0, 0.05) is 5.39 Å². The van der Waals surface area contributed by atoms with Crippen molar-refractivity contribution < 1.29 is 23.5 Å². The molecule has 5 heteroatoms. The summed E-state index contributed by atoms with van der Waals surface area (Å²) in [6.45, 7) is 4.10. The van der Waals surface area contributed by atoms with Gasteiger partial charge in [-0.05, 0) is 75.0 Å². The second-order valence-corrected chi connectivity index (χ2v) is 8.69. The van der Waals surface area contributed by atoms with Gasteiger partial charge in [-0.25, -0.2) is 0 Å². The minimum Gasteiger partial charge on any atom is -0.465 e. The number of ether oxygens (including phenoxy) is 2. The summed E-state index contributed by atoms with van der Waals surface area (Å²) in [6, 6.07) is 10.1. The van der Waals surface area contributed by atoms with Crippen molar-refractivity contribution in [2.75, 3.05) is 13.2 Å². The summed E-state index contributed by atoms with van der Waals surface area (Å²) in [7, 11) is 0. The molecule has 0 radical (unpaired) electrons. The van der Waals surface area contributed by atoms with E-state index in [4.69, 9.17) is 13.9 Å². The number of benzene rings is 1. The highest BCUT2D eigenvalue weighted by Gasteiger charge is 2.68. The Labute approximate surface area is 176 Å². The molecule has 0 saturated heterocycles. The fourth-order valence-corrected chi connectivity index (χ4v) is 6.24. The van der Waals surface area contributed by atoms with E-state index in [1.165, 1.54) is 11.1 Å². The average Bonchev–Trinajstić information content (AvgIpc) is 3.20. The maximum absolute atomic E-state index is 13.2. The second kappa shape index (κ2) is 7.29. The minimum atomic E-state index is -1.20. The van der Waals surface area contributed by atoms with Crippen LogP contribution in [0.3, 0.4) is 0 Å². The fourth-order valence-electron chi connectivity index (χ4n) is 6.24. The van der Waals surface area contributed by atoms with Crippen molar-refractivity contribution in [1.82, 2.24) is 0 Å². The average molecular weight is 408 g/mol. The summed E-state index contributed by atoms with van der Waals surface area (Å²) < 4.78 is 17.1. The van der Waals surface area contributed by atoms with Gasteiger partial charge in [0.15, 0.2) is 5.41 Å². The summed E-state index contributed by atoms with van der Waals surface area (Å²) in [5, 5.41) is 1.08. The van der Waals surface area contributed by atoms with Crippen LogP contribution in [0.2, 0.25) is 0 Å². The summed E-state index contributed by atoms with van der Waals surface area (Å²) in [5.41, 5.74) is 2.25. The molecule has 0 amide bonds. The molecular formula is C25H28O5. The highest BCUT2D eigenvalue weighted by molar-refractivity contribution is 6.02. The third-order valence-corrected chi connectivity index (χ3v) is 7.34. The third-order valence-electron chi connectivity index (χ3n) is 7.34. The lowest BCUT2D eigenvalue weighted by atomic mass is 9.65. The Balaban J connectivity index is 1.60. The Morgan fingerprint density at radius 1 is 1.10 bits per heavy atom. The van der Waals surface area contributed by atoms with Crippen molar-refractivity contribution in [2.24, 2.45) is 23.2 Å². The molecule has 0 aliphatic heterocycles.